The third kappa shape index (κ3) is 1.75. The molecule has 1 aliphatic carbocycles. The SMILES string of the molecule is Cn1cc(C(=O)CC2(N)CC2)nn1. The molecule has 2 rings (SSSR count). The maximum atomic E-state index is 11.5. The smallest absolute Gasteiger partial charge is 0.186 e. The van der Waals surface area contributed by atoms with E-state index in [9.17, 15) is 4.79 Å². The third-order valence-corrected chi connectivity index (χ3v) is 2.29. The zero-order valence-corrected chi connectivity index (χ0v) is 7.53. The molecule has 1 heterocycles. The van der Waals surface area contributed by atoms with Gasteiger partial charge in [-0.1, -0.05) is 5.21 Å². The fourth-order valence-electron chi connectivity index (χ4n) is 1.22. The summed E-state index contributed by atoms with van der Waals surface area (Å²) in [6.07, 6.45) is 3.90. The quantitative estimate of drug-likeness (QED) is 0.658. The summed E-state index contributed by atoms with van der Waals surface area (Å²) in [5.74, 6) is -0.00639. The van der Waals surface area contributed by atoms with Crippen LogP contribution in [0.2, 0.25) is 0 Å². The average Bonchev–Trinajstić information content (AvgIpc) is 2.62. The van der Waals surface area contributed by atoms with Gasteiger partial charge in [0.25, 0.3) is 0 Å². The molecule has 13 heavy (non-hydrogen) atoms. The van der Waals surface area contributed by atoms with Crippen LogP contribution in [0.5, 0.6) is 0 Å². The Bertz CT molecular complexity index is 340. The van der Waals surface area contributed by atoms with Crippen LogP contribution in [0.25, 0.3) is 0 Å². The van der Waals surface area contributed by atoms with E-state index in [1.54, 1.807) is 13.2 Å². The van der Waals surface area contributed by atoms with Crippen LogP contribution in [0, 0.1) is 0 Å². The lowest BCUT2D eigenvalue weighted by molar-refractivity contribution is 0.0966. The first-order valence-electron chi connectivity index (χ1n) is 4.27. The highest BCUT2D eigenvalue weighted by atomic mass is 16.1. The number of Topliss-reactive ketones (excluding diaryl/α,β-unsaturated/α-hetero) is 1. The van der Waals surface area contributed by atoms with Crippen LogP contribution in [0.1, 0.15) is 29.8 Å². The monoisotopic (exact) mass is 180 g/mol. The van der Waals surface area contributed by atoms with E-state index in [1.165, 1.54) is 4.68 Å². The van der Waals surface area contributed by atoms with Crippen LogP contribution in [-0.2, 0) is 7.05 Å². The molecule has 0 amide bonds. The zero-order chi connectivity index (χ0) is 9.47. The normalized spacial score (nSPS) is 18.6. The Hall–Kier alpha value is -1.23. The second-order valence-electron chi connectivity index (χ2n) is 3.74. The fourth-order valence-corrected chi connectivity index (χ4v) is 1.22. The van der Waals surface area contributed by atoms with E-state index in [0.29, 0.717) is 12.1 Å². The zero-order valence-electron chi connectivity index (χ0n) is 7.53. The lowest BCUT2D eigenvalue weighted by atomic mass is 10.1. The maximum Gasteiger partial charge on any atom is 0.186 e. The summed E-state index contributed by atoms with van der Waals surface area (Å²) in [5.41, 5.74) is 5.99. The van der Waals surface area contributed by atoms with Crippen LogP contribution < -0.4 is 5.73 Å². The summed E-state index contributed by atoms with van der Waals surface area (Å²) in [6, 6.07) is 0. The molecule has 0 radical (unpaired) electrons. The van der Waals surface area contributed by atoms with Crippen molar-refractivity contribution < 1.29 is 4.79 Å². The Morgan fingerprint density at radius 2 is 2.46 bits per heavy atom. The number of aryl methyl sites for hydroxylation is 1. The van der Waals surface area contributed by atoms with E-state index in [2.05, 4.69) is 10.3 Å². The van der Waals surface area contributed by atoms with Gasteiger partial charge in [0, 0.05) is 19.0 Å². The molecule has 1 aromatic heterocycles. The minimum absolute atomic E-state index is 0.00639. The molecule has 1 fully saturated rings. The number of hydrogen-bond acceptors (Lipinski definition) is 4. The Morgan fingerprint density at radius 1 is 1.77 bits per heavy atom. The first-order chi connectivity index (χ1) is 6.09. The van der Waals surface area contributed by atoms with Crippen LogP contribution in [0.3, 0.4) is 0 Å². The van der Waals surface area contributed by atoms with E-state index in [1.807, 2.05) is 0 Å². The lowest BCUT2D eigenvalue weighted by Crippen LogP contribution is -2.25. The fraction of sp³-hybridized carbons (Fsp3) is 0.625. The topological polar surface area (TPSA) is 73.8 Å². The standard InChI is InChI=1S/C8H12N4O/c1-12-5-6(10-11-12)7(13)4-8(9)2-3-8/h5H,2-4,9H2,1H3. The van der Waals surface area contributed by atoms with Crippen molar-refractivity contribution in [1.29, 1.82) is 0 Å². The summed E-state index contributed by atoms with van der Waals surface area (Å²) >= 11 is 0. The highest BCUT2D eigenvalue weighted by Crippen LogP contribution is 2.36. The van der Waals surface area contributed by atoms with Crippen LogP contribution >= 0.6 is 0 Å². The summed E-state index contributed by atoms with van der Waals surface area (Å²) in [5, 5.41) is 7.43. The Kier molecular flexibility index (Phi) is 1.69. The molecule has 1 aliphatic rings. The molecule has 0 aromatic carbocycles. The molecule has 2 N–H and O–H groups in total. The molecule has 1 aromatic rings. The van der Waals surface area contributed by atoms with E-state index in [4.69, 9.17) is 5.73 Å². The molecular formula is C8H12N4O. The van der Waals surface area contributed by atoms with E-state index < -0.39 is 0 Å². The molecule has 0 saturated heterocycles. The molecule has 0 spiro atoms. The van der Waals surface area contributed by atoms with Gasteiger partial charge in [-0.05, 0) is 12.8 Å². The van der Waals surface area contributed by atoms with Gasteiger partial charge in [-0.25, -0.2) is 0 Å². The second kappa shape index (κ2) is 2.63. The van der Waals surface area contributed by atoms with Crippen LogP contribution in [0.4, 0.5) is 0 Å². The Morgan fingerprint density at radius 3 is 2.92 bits per heavy atom. The van der Waals surface area contributed by atoms with Gasteiger partial charge in [-0.15, -0.1) is 5.10 Å². The van der Waals surface area contributed by atoms with Gasteiger partial charge in [0.2, 0.25) is 0 Å². The predicted octanol–water partition coefficient (Wildman–Crippen LogP) is -0.121. The molecule has 1 saturated carbocycles. The Labute approximate surface area is 75.9 Å². The molecule has 0 unspecified atom stereocenters. The number of carbonyl (C=O) groups is 1. The Balaban J connectivity index is 2.05. The number of nitrogens with zero attached hydrogens (tertiary/aromatic N) is 3. The van der Waals surface area contributed by atoms with Crippen molar-refractivity contribution in [3.63, 3.8) is 0 Å². The van der Waals surface area contributed by atoms with Crippen molar-refractivity contribution in [3.8, 4) is 0 Å². The number of ketones is 1. The lowest BCUT2D eigenvalue weighted by Gasteiger charge is -2.03. The van der Waals surface area contributed by atoms with Crippen molar-refractivity contribution in [2.45, 2.75) is 24.8 Å². The first-order valence-corrected chi connectivity index (χ1v) is 4.27. The highest BCUT2D eigenvalue weighted by molar-refractivity contribution is 5.94. The van der Waals surface area contributed by atoms with Crippen LogP contribution in [0.15, 0.2) is 6.20 Å². The maximum absolute atomic E-state index is 11.5. The third-order valence-electron chi connectivity index (χ3n) is 2.29. The molecule has 70 valence electrons. The van der Waals surface area contributed by atoms with Crippen molar-refractivity contribution >= 4 is 5.78 Å². The molecule has 5 heteroatoms. The molecule has 5 nitrogen and oxygen atoms in total. The van der Waals surface area contributed by atoms with Gasteiger partial charge >= 0.3 is 0 Å². The highest BCUT2D eigenvalue weighted by Gasteiger charge is 2.40. The van der Waals surface area contributed by atoms with E-state index in [-0.39, 0.29) is 11.3 Å². The van der Waals surface area contributed by atoms with Gasteiger partial charge < -0.3 is 5.73 Å². The number of nitrogens with two attached hydrogens (primary N) is 1. The van der Waals surface area contributed by atoms with Gasteiger partial charge in [0.15, 0.2) is 5.78 Å². The molecule has 0 atom stereocenters. The van der Waals surface area contributed by atoms with Gasteiger partial charge in [-0.3, -0.25) is 9.48 Å². The van der Waals surface area contributed by atoms with Crippen LogP contribution in [-0.4, -0.2) is 26.3 Å². The number of rotatable bonds is 3. The van der Waals surface area contributed by atoms with Gasteiger partial charge in [0.05, 0.1) is 6.20 Å². The largest absolute Gasteiger partial charge is 0.325 e. The average molecular weight is 180 g/mol. The molecule has 0 aliphatic heterocycles. The summed E-state index contributed by atoms with van der Waals surface area (Å²) in [6.45, 7) is 0. The minimum atomic E-state index is -0.241. The van der Waals surface area contributed by atoms with Gasteiger partial charge in [0.1, 0.15) is 5.69 Å². The van der Waals surface area contributed by atoms with Crippen molar-refractivity contribution in [3.05, 3.63) is 11.9 Å². The molecular weight excluding hydrogens is 168 g/mol. The summed E-state index contributed by atoms with van der Waals surface area (Å²) in [4.78, 5) is 11.5. The number of carbonyl (C=O) groups excluding carboxylic acids is 1. The minimum Gasteiger partial charge on any atom is -0.325 e. The van der Waals surface area contributed by atoms with Gasteiger partial charge in [-0.2, -0.15) is 0 Å². The van der Waals surface area contributed by atoms with Crippen molar-refractivity contribution in [1.82, 2.24) is 15.0 Å². The van der Waals surface area contributed by atoms with E-state index >= 15 is 0 Å². The first kappa shape index (κ1) is 8.37. The summed E-state index contributed by atoms with van der Waals surface area (Å²) < 4.78 is 1.52. The number of hydrogen-bond donors (Lipinski definition) is 1. The second-order valence-corrected chi connectivity index (χ2v) is 3.74. The van der Waals surface area contributed by atoms with Crippen molar-refractivity contribution in [2.75, 3.05) is 0 Å². The van der Waals surface area contributed by atoms with E-state index in [0.717, 1.165) is 12.8 Å². The predicted molar refractivity (Wildman–Crippen MR) is 46.1 cm³/mol. The van der Waals surface area contributed by atoms with Crippen molar-refractivity contribution in [2.24, 2.45) is 12.8 Å². The summed E-state index contributed by atoms with van der Waals surface area (Å²) in [7, 11) is 1.74. The molecule has 0 bridgehead atoms. The number of aromatic nitrogens is 3.